The number of carbonyl (C=O) groups is 2. The van der Waals surface area contributed by atoms with E-state index in [4.69, 9.17) is 9.47 Å². The van der Waals surface area contributed by atoms with E-state index < -0.39 is 5.97 Å². The highest BCUT2D eigenvalue weighted by atomic mass is 32.1. The van der Waals surface area contributed by atoms with Crippen LogP contribution in [-0.2, 0) is 24.1 Å². The number of thiophene rings is 1. The molecule has 0 saturated heterocycles. The van der Waals surface area contributed by atoms with Crippen LogP contribution in [0.3, 0.4) is 0 Å². The van der Waals surface area contributed by atoms with Gasteiger partial charge in [0.05, 0.1) is 13.7 Å². The normalized spacial score (nSPS) is 13.3. The van der Waals surface area contributed by atoms with E-state index in [1.807, 2.05) is 48.0 Å². The quantitative estimate of drug-likeness (QED) is 0.417. The summed E-state index contributed by atoms with van der Waals surface area (Å²) in [4.78, 5) is 45.0. The van der Waals surface area contributed by atoms with Gasteiger partial charge in [-0.3, -0.25) is 9.59 Å². The van der Waals surface area contributed by atoms with Crippen molar-refractivity contribution < 1.29 is 19.1 Å². The number of hydrogen-bond acceptors (Lipinski definition) is 6. The maximum absolute atomic E-state index is 13.3. The smallest absolute Gasteiger partial charge is 0.343 e. The molecule has 1 aromatic carbocycles. The van der Waals surface area contributed by atoms with Crippen LogP contribution >= 0.6 is 11.3 Å². The SMILES string of the molecule is COC(=O)c1c(OCCc2cccs2)cc(=O)n2c1CCN(C(=O)c1ccc3cc[nH]c3c1)CC2. The van der Waals surface area contributed by atoms with Crippen LogP contribution in [0, 0.1) is 0 Å². The minimum absolute atomic E-state index is 0.116. The van der Waals surface area contributed by atoms with Crippen molar-refractivity contribution in [3.63, 3.8) is 0 Å². The number of ether oxygens (including phenoxy) is 2. The lowest BCUT2D eigenvalue weighted by molar-refractivity contribution is 0.0593. The number of hydrogen-bond donors (Lipinski definition) is 1. The van der Waals surface area contributed by atoms with E-state index >= 15 is 0 Å². The number of pyridine rings is 1. The van der Waals surface area contributed by atoms with Crippen LogP contribution in [0.1, 0.15) is 31.3 Å². The molecule has 9 heteroatoms. The van der Waals surface area contributed by atoms with Crippen LogP contribution in [0.5, 0.6) is 5.75 Å². The lowest BCUT2D eigenvalue weighted by atomic mass is 10.1. The van der Waals surface area contributed by atoms with Crippen LogP contribution in [0.15, 0.2) is 58.8 Å². The van der Waals surface area contributed by atoms with Crippen molar-refractivity contribution in [1.29, 1.82) is 0 Å². The van der Waals surface area contributed by atoms with Gasteiger partial charge < -0.3 is 23.9 Å². The molecular formula is C26H25N3O5S. The molecule has 8 nitrogen and oxygen atoms in total. The number of nitrogens with one attached hydrogen (secondary N) is 1. The Hall–Kier alpha value is -3.85. The Morgan fingerprint density at radius 1 is 1.11 bits per heavy atom. The molecule has 0 spiro atoms. The molecule has 0 saturated carbocycles. The zero-order valence-electron chi connectivity index (χ0n) is 19.3. The summed E-state index contributed by atoms with van der Waals surface area (Å²) in [6.07, 6.45) is 2.84. The van der Waals surface area contributed by atoms with Gasteiger partial charge in [-0.2, -0.15) is 0 Å². The van der Waals surface area contributed by atoms with E-state index in [-0.39, 0.29) is 29.3 Å². The first-order chi connectivity index (χ1) is 17.0. The Morgan fingerprint density at radius 2 is 2.00 bits per heavy atom. The number of nitrogens with zero attached hydrogens (tertiary/aromatic N) is 2. The molecule has 0 aliphatic carbocycles. The standard InChI is InChI=1S/C26H25N3O5S/c1-33-26(32)24-21-7-10-28(25(31)18-5-4-17-6-9-27-20(17)15-18)11-12-29(21)23(30)16-22(24)34-13-8-19-3-2-14-35-19/h2-6,9,14-16,27H,7-8,10-13H2,1H3. The molecule has 0 fully saturated rings. The fourth-order valence-corrected chi connectivity index (χ4v) is 5.16. The zero-order valence-corrected chi connectivity index (χ0v) is 20.1. The van der Waals surface area contributed by atoms with E-state index in [9.17, 15) is 14.4 Å². The first-order valence-electron chi connectivity index (χ1n) is 11.4. The second-order valence-electron chi connectivity index (χ2n) is 8.31. The number of fused-ring (bicyclic) bond motifs is 2. The van der Waals surface area contributed by atoms with Crippen molar-refractivity contribution in [3.8, 4) is 5.75 Å². The highest BCUT2D eigenvalue weighted by Crippen LogP contribution is 2.25. The Bertz CT molecular complexity index is 1440. The second-order valence-corrected chi connectivity index (χ2v) is 9.34. The lowest BCUT2D eigenvalue weighted by Crippen LogP contribution is -2.34. The summed E-state index contributed by atoms with van der Waals surface area (Å²) in [5.74, 6) is -0.451. The van der Waals surface area contributed by atoms with Crippen molar-refractivity contribution in [2.24, 2.45) is 0 Å². The van der Waals surface area contributed by atoms with Crippen molar-refractivity contribution in [3.05, 3.63) is 86.1 Å². The van der Waals surface area contributed by atoms with E-state index in [1.165, 1.54) is 13.2 Å². The van der Waals surface area contributed by atoms with Crippen molar-refractivity contribution in [1.82, 2.24) is 14.5 Å². The Morgan fingerprint density at radius 3 is 2.80 bits per heavy atom. The molecule has 0 atom stereocenters. The number of benzene rings is 1. The molecule has 5 rings (SSSR count). The number of methoxy groups -OCH3 is 1. The average Bonchev–Trinajstić information content (AvgIpc) is 3.51. The van der Waals surface area contributed by atoms with Gasteiger partial charge in [-0.15, -0.1) is 11.3 Å². The molecule has 1 aliphatic heterocycles. The number of rotatable bonds is 6. The van der Waals surface area contributed by atoms with Gasteiger partial charge in [-0.25, -0.2) is 4.79 Å². The monoisotopic (exact) mass is 491 g/mol. The van der Waals surface area contributed by atoms with Crippen LogP contribution < -0.4 is 10.3 Å². The maximum Gasteiger partial charge on any atom is 0.343 e. The summed E-state index contributed by atoms with van der Waals surface area (Å²) in [7, 11) is 1.31. The van der Waals surface area contributed by atoms with Gasteiger partial charge >= 0.3 is 5.97 Å². The summed E-state index contributed by atoms with van der Waals surface area (Å²) in [5.41, 5.74) is 1.98. The summed E-state index contributed by atoms with van der Waals surface area (Å²) in [6, 6.07) is 12.8. The highest BCUT2D eigenvalue weighted by molar-refractivity contribution is 7.09. The summed E-state index contributed by atoms with van der Waals surface area (Å²) >= 11 is 1.63. The zero-order chi connectivity index (χ0) is 24.4. The second kappa shape index (κ2) is 9.79. The van der Waals surface area contributed by atoms with Crippen LogP contribution in [0.25, 0.3) is 10.9 Å². The minimum Gasteiger partial charge on any atom is -0.492 e. The molecule has 0 bridgehead atoms. The fraction of sp³-hybridized carbons (Fsp3) is 0.269. The van der Waals surface area contributed by atoms with Gasteiger partial charge in [0.2, 0.25) is 0 Å². The number of aromatic amines is 1. The predicted octanol–water partition coefficient (Wildman–Crippen LogP) is 3.50. The first kappa shape index (κ1) is 22.9. The Labute approximate surface area is 205 Å². The minimum atomic E-state index is -0.558. The van der Waals surface area contributed by atoms with Gasteiger partial charge in [0.1, 0.15) is 11.3 Å². The maximum atomic E-state index is 13.3. The van der Waals surface area contributed by atoms with Gasteiger partial charge in [-0.05, 0) is 35.0 Å². The van der Waals surface area contributed by atoms with Crippen LogP contribution in [-0.4, -0.2) is 53.1 Å². The molecule has 1 aliphatic rings. The van der Waals surface area contributed by atoms with Crippen molar-refractivity contribution in [2.45, 2.75) is 19.4 Å². The molecule has 3 aromatic heterocycles. The third kappa shape index (κ3) is 4.59. The van der Waals surface area contributed by atoms with E-state index in [1.54, 1.807) is 20.8 Å². The number of aromatic nitrogens is 2. The van der Waals surface area contributed by atoms with Gasteiger partial charge in [0.25, 0.3) is 11.5 Å². The number of amides is 1. The molecule has 35 heavy (non-hydrogen) atoms. The third-order valence-corrected chi connectivity index (χ3v) is 7.19. The highest BCUT2D eigenvalue weighted by Gasteiger charge is 2.28. The molecule has 4 heterocycles. The van der Waals surface area contributed by atoms with Crippen LogP contribution in [0.2, 0.25) is 0 Å². The topological polar surface area (TPSA) is 93.6 Å². The number of carbonyl (C=O) groups excluding carboxylic acids is 2. The van der Waals surface area contributed by atoms with E-state index in [0.717, 1.165) is 15.8 Å². The van der Waals surface area contributed by atoms with Crippen molar-refractivity contribution in [2.75, 3.05) is 26.8 Å². The number of esters is 1. The Kier molecular flexibility index (Phi) is 6.41. The number of H-pyrrole nitrogens is 1. The summed E-state index contributed by atoms with van der Waals surface area (Å²) in [6.45, 7) is 1.33. The van der Waals surface area contributed by atoms with E-state index in [0.29, 0.717) is 43.8 Å². The van der Waals surface area contributed by atoms with Gasteiger partial charge in [0, 0.05) is 66.4 Å². The van der Waals surface area contributed by atoms with Gasteiger partial charge in [-0.1, -0.05) is 12.1 Å². The molecule has 0 radical (unpaired) electrons. The van der Waals surface area contributed by atoms with E-state index in [2.05, 4.69) is 4.98 Å². The van der Waals surface area contributed by atoms with Gasteiger partial charge in [0.15, 0.2) is 0 Å². The largest absolute Gasteiger partial charge is 0.492 e. The summed E-state index contributed by atoms with van der Waals surface area (Å²) in [5, 5.41) is 3.03. The molecule has 0 unspecified atom stereocenters. The first-order valence-corrected chi connectivity index (χ1v) is 12.3. The Balaban J connectivity index is 1.40. The van der Waals surface area contributed by atoms with Crippen LogP contribution in [0.4, 0.5) is 0 Å². The molecular weight excluding hydrogens is 466 g/mol. The predicted molar refractivity (Wildman–Crippen MR) is 133 cm³/mol. The summed E-state index contributed by atoms with van der Waals surface area (Å²) < 4.78 is 12.5. The third-order valence-electron chi connectivity index (χ3n) is 6.26. The van der Waals surface area contributed by atoms with Crippen molar-refractivity contribution >= 4 is 34.1 Å². The average molecular weight is 492 g/mol. The molecule has 4 aromatic rings. The lowest BCUT2D eigenvalue weighted by Gasteiger charge is -2.20. The molecule has 1 amide bonds. The molecule has 180 valence electrons. The molecule has 1 N–H and O–H groups in total. The fourth-order valence-electron chi connectivity index (χ4n) is 4.47.